The van der Waals surface area contributed by atoms with Crippen molar-refractivity contribution in [2.45, 2.75) is 64.8 Å². The number of benzene rings is 2. The van der Waals surface area contributed by atoms with Crippen molar-refractivity contribution in [3.05, 3.63) is 59.8 Å². The van der Waals surface area contributed by atoms with Crippen molar-refractivity contribution >= 4 is 28.3 Å². The van der Waals surface area contributed by atoms with Crippen LogP contribution in [-0.4, -0.2) is 34.5 Å². The van der Waals surface area contributed by atoms with E-state index in [2.05, 4.69) is 79.5 Å². The number of aromatic amines is 1. The summed E-state index contributed by atoms with van der Waals surface area (Å²) in [6, 6.07) is 13.9. The predicted molar refractivity (Wildman–Crippen MR) is 135 cm³/mol. The molecular formula is C27H36N4O. The van der Waals surface area contributed by atoms with Crippen LogP contribution in [0.4, 0.5) is 16.2 Å². The third-order valence-electron chi connectivity index (χ3n) is 6.69. The van der Waals surface area contributed by atoms with Gasteiger partial charge in [-0.1, -0.05) is 32.0 Å². The zero-order chi connectivity index (χ0) is 22.9. The van der Waals surface area contributed by atoms with Gasteiger partial charge in [-0.2, -0.15) is 0 Å². The third-order valence-corrected chi connectivity index (χ3v) is 6.69. The first-order valence-electron chi connectivity index (χ1n) is 11.8. The summed E-state index contributed by atoms with van der Waals surface area (Å²) in [6.45, 7) is 13.4. The first-order valence-corrected chi connectivity index (χ1v) is 11.8. The van der Waals surface area contributed by atoms with Crippen LogP contribution < -0.4 is 10.6 Å². The summed E-state index contributed by atoms with van der Waals surface area (Å²) in [4.78, 5) is 18.7. The molecule has 2 amide bonds. The van der Waals surface area contributed by atoms with Gasteiger partial charge in [0.15, 0.2) is 0 Å². The van der Waals surface area contributed by atoms with Gasteiger partial charge in [0.1, 0.15) is 0 Å². The van der Waals surface area contributed by atoms with E-state index in [0.717, 1.165) is 48.4 Å². The fourth-order valence-corrected chi connectivity index (χ4v) is 4.82. The van der Waals surface area contributed by atoms with Gasteiger partial charge >= 0.3 is 6.03 Å². The van der Waals surface area contributed by atoms with E-state index in [4.69, 9.17) is 0 Å². The van der Waals surface area contributed by atoms with Gasteiger partial charge in [0.25, 0.3) is 0 Å². The second-order valence-corrected chi connectivity index (χ2v) is 10.3. The number of amides is 2. The van der Waals surface area contributed by atoms with Gasteiger partial charge < -0.3 is 15.6 Å². The molecule has 0 aliphatic carbocycles. The fraction of sp³-hybridized carbons (Fsp3) is 0.444. The van der Waals surface area contributed by atoms with Crippen LogP contribution in [0.2, 0.25) is 0 Å². The van der Waals surface area contributed by atoms with Gasteiger partial charge in [-0.3, -0.25) is 4.90 Å². The monoisotopic (exact) mass is 432 g/mol. The maximum Gasteiger partial charge on any atom is 0.323 e. The van der Waals surface area contributed by atoms with Gasteiger partial charge in [-0.25, -0.2) is 4.79 Å². The first-order chi connectivity index (χ1) is 15.2. The van der Waals surface area contributed by atoms with E-state index in [1.807, 2.05) is 24.3 Å². The van der Waals surface area contributed by atoms with E-state index in [-0.39, 0.29) is 11.6 Å². The first kappa shape index (κ1) is 22.4. The molecule has 1 aliphatic heterocycles. The van der Waals surface area contributed by atoms with Gasteiger partial charge in [0, 0.05) is 34.0 Å². The lowest BCUT2D eigenvalue weighted by atomic mass is 9.87. The van der Waals surface area contributed by atoms with E-state index in [9.17, 15) is 4.79 Å². The van der Waals surface area contributed by atoms with Crippen LogP contribution in [0, 0.1) is 0 Å². The van der Waals surface area contributed by atoms with E-state index in [1.165, 1.54) is 10.9 Å². The number of para-hydroxylation sites is 1. The average Bonchev–Trinajstić information content (AvgIpc) is 3.16. The number of fused-ring (bicyclic) bond motifs is 1. The zero-order valence-corrected chi connectivity index (χ0v) is 20.0. The number of nitrogens with zero attached hydrogens (tertiary/aromatic N) is 1. The van der Waals surface area contributed by atoms with Crippen LogP contribution in [-0.2, 0) is 0 Å². The van der Waals surface area contributed by atoms with Crippen LogP contribution in [0.3, 0.4) is 0 Å². The number of nitrogens with one attached hydrogen (secondary N) is 3. The number of likely N-dealkylation sites (tertiary alicyclic amines) is 1. The molecule has 5 heteroatoms. The highest BCUT2D eigenvalue weighted by molar-refractivity contribution is 6.01. The van der Waals surface area contributed by atoms with Crippen molar-refractivity contribution in [2.75, 3.05) is 23.7 Å². The summed E-state index contributed by atoms with van der Waals surface area (Å²) in [7, 11) is 0. The van der Waals surface area contributed by atoms with Crippen molar-refractivity contribution < 1.29 is 4.79 Å². The summed E-state index contributed by atoms with van der Waals surface area (Å²) in [5.41, 5.74) is 5.51. The second kappa shape index (κ2) is 8.99. The largest absolute Gasteiger partial charge is 0.361 e. The molecule has 0 unspecified atom stereocenters. The van der Waals surface area contributed by atoms with Crippen molar-refractivity contribution in [3.63, 3.8) is 0 Å². The highest BCUT2D eigenvalue weighted by atomic mass is 16.2. The smallest absolute Gasteiger partial charge is 0.323 e. The lowest BCUT2D eigenvalue weighted by Crippen LogP contribution is -2.45. The second-order valence-electron chi connectivity index (χ2n) is 10.3. The molecule has 32 heavy (non-hydrogen) atoms. The summed E-state index contributed by atoms with van der Waals surface area (Å²) in [5.74, 6) is 0.888. The topological polar surface area (TPSA) is 60.2 Å². The van der Waals surface area contributed by atoms with Crippen LogP contribution >= 0.6 is 0 Å². The minimum atomic E-state index is -0.215. The molecule has 0 saturated carbocycles. The normalized spacial score (nSPS) is 15.9. The number of hydrogen-bond acceptors (Lipinski definition) is 2. The Bertz CT molecular complexity index is 1080. The maximum atomic E-state index is 12.7. The zero-order valence-electron chi connectivity index (χ0n) is 20.0. The minimum absolute atomic E-state index is 0.215. The molecule has 5 nitrogen and oxygen atoms in total. The molecule has 4 rings (SSSR count). The van der Waals surface area contributed by atoms with E-state index < -0.39 is 0 Å². The molecule has 1 saturated heterocycles. The van der Waals surface area contributed by atoms with Crippen molar-refractivity contribution in [1.82, 2.24) is 9.88 Å². The standard InChI is InChI=1S/C27H36N4O/c1-18(2)21-8-6-7-9-25(21)30-26(32)29-20-10-11-24-22(16-20)23(17-28-24)19-12-14-31(15-13-19)27(3,4)5/h6-11,16-19,28H,12-15H2,1-5H3,(H2,29,30,32). The lowest BCUT2D eigenvalue weighted by Gasteiger charge is -2.40. The molecule has 3 aromatic rings. The number of urea groups is 1. The molecule has 170 valence electrons. The highest BCUT2D eigenvalue weighted by Gasteiger charge is 2.28. The Balaban J connectivity index is 1.48. The van der Waals surface area contributed by atoms with Crippen LogP contribution in [0.15, 0.2) is 48.7 Å². The molecule has 1 fully saturated rings. The number of carbonyl (C=O) groups is 1. The molecule has 0 bridgehead atoms. The fourth-order valence-electron chi connectivity index (χ4n) is 4.82. The Morgan fingerprint density at radius 2 is 1.78 bits per heavy atom. The lowest BCUT2D eigenvalue weighted by molar-refractivity contribution is 0.102. The van der Waals surface area contributed by atoms with Gasteiger partial charge in [-0.05, 0) is 93.9 Å². The molecule has 0 spiro atoms. The molecule has 1 aliphatic rings. The van der Waals surface area contributed by atoms with Gasteiger partial charge in [-0.15, -0.1) is 0 Å². The SMILES string of the molecule is CC(C)c1ccccc1NC(=O)Nc1ccc2[nH]cc(C3CCN(C(C)(C)C)CC3)c2c1. The van der Waals surface area contributed by atoms with Gasteiger partial charge in [0.2, 0.25) is 0 Å². The van der Waals surface area contributed by atoms with Crippen molar-refractivity contribution in [1.29, 1.82) is 0 Å². The van der Waals surface area contributed by atoms with Crippen LogP contribution in [0.1, 0.15) is 70.4 Å². The van der Waals surface area contributed by atoms with Crippen LogP contribution in [0.25, 0.3) is 10.9 Å². The summed E-state index contributed by atoms with van der Waals surface area (Å²) < 4.78 is 0. The predicted octanol–water partition coefficient (Wildman–Crippen LogP) is 6.91. The van der Waals surface area contributed by atoms with Crippen molar-refractivity contribution in [3.8, 4) is 0 Å². The number of carbonyl (C=O) groups excluding carboxylic acids is 1. The Labute approximate surface area is 191 Å². The number of H-pyrrole nitrogens is 1. The number of piperidine rings is 1. The molecule has 2 heterocycles. The van der Waals surface area contributed by atoms with E-state index >= 15 is 0 Å². The average molecular weight is 433 g/mol. The third kappa shape index (κ3) is 4.83. The Morgan fingerprint density at radius 3 is 2.47 bits per heavy atom. The number of hydrogen-bond donors (Lipinski definition) is 3. The van der Waals surface area contributed by atoms with E-state index in [1.54, 1.807) is 0 Å². The molecular weight excluding hydrogens is 396 g/mol. The minimum Gasteiger partial charge on any atom is -0.361 e. The highest BCUT2D eigenvalue weighted by Crippen LogP contribution is 2.36. The number of aromatic nitrogens is 1. The Kier molecular flexibility index (Phi) is 6.29. The van der Waals surface area contributed by atoms with Gasteiger partial charge in [0.05, 0.1) is 0 Å². The summed E-state index contributed by atoms with van der Waals surface area (Å²) >= 11 is 0. The molecule has 2 aromatic carbocycles. The number of rotatable bonds is 4. The molecule has 0 atom stereocenters. The molecule has 1 aromatic heterocycles. The summed E-state index contributed by atoms with van der Waals surface area (Å²) in [6.07, 6.45) is 4.48. The molecule has 3 N–H and O–H groups in total. The Hall–Kier alpha value is -2.79. The molecule has 0 radical (unpaired) electrons. The maximum absolute atomic E-state index is 12.7. The van der Waals surface area contributed by atoms with Crippen LogP contribution in [0.5, 0.6) is 0 Å². The van der Waals surface area contributed by atoms with E-state index in [0.29, 0.717) is 11.8 Å². The number of anilines is 2. The summed E-state index contributed by atoms with van der Waals surface area (Å²) in [5, 5.41) is 7.25. The quantitative estimate of drug-likeness (QED) is 0.419. The Morgan fingerprint density at radius 1 is 1.06 bits per heavy atom. The van der Waals surface area contributed by atoms with Crippen molar-refractivity contribution in [2.24, 2.45) is 0 Å².